The highest BCUT2D eigenvalue weighted by Crippen LogP contribution is 2.45. The molecule has 5 nitrogen and oxygen atoms in total. The van der Waals surface area contributed by atoms with Crippen molar-refractivity contribution in [3.63, 3.8) is 0 Å². The van der Waals surface area contributed by atoms with Gasteiger partial charge < -0.3 is 18.9 Å². The van der Waals surface area contributed by atoms with Gasteiger partial charge in [0.05, 0.1) is 39.0 Å². The van der Waals surface area contributed by atoms with Crippen molar-refractivity contribution < 1.29 is 18.9 Å². The molecule has 0 fully saturated rings. The largest absolute Gasteiger partial charge is 0.497 e. The number of nitrogens with zero attached hydrogens (tertiary/aromatic N) is 1. The second kappa shape index (κ2) is 7.44. The molecule has 0 radical (unpaired) electrons. The van der Waals surface area contributed by atoms with E-state index in [0.717, 1.165) is 27.4 Å². The third-order valence-corrected chi connectivity index (χ3v) is 4.69. The molecular weight excluding hydrogens is 338 g/mol. The fourth-order valence-electron chi connectivity index (χ4n) is 2.60. The Labute approximate surface area is 150 Å². The lowest BCUT2D eigenvalue weighted by Crippen LogP contribution is -1.96. The molecule has 130 valence electrons. The van der Waals surface area contributed by atoms with E-state index < -0.39 is 0 Å². The molecule has 0 spiro atoms. The highest BCUT2D eigenvalue weighted by atomic mass is 32.1. The molecule has 0 aliphatic rings. The van der Waals surface area contributed by atoms with Crippen molar-refractivity contribution in [3.8, 4) is 44.7 Å². The molecule has 3 aromatic rings. The normalized spacial score (nSPS) is 10.4. The van der Waals surface area contributed by atoms with Gasteiger partial charge in [0.25, 0.3) is 0 Å². The van der Waals surface area contributed by atoms with Crippen LogP contribution >= 0.6 is 11.5 Å². The predicted molar refractivity (Wildman–Crippen MR) is 99.2 cm³/mol. The van der Waals surface area contributed by atoms with Crippen molar-refractivity contribution in [2.75, 3.05) is 28.4 Å². The first kappa shape index (κ1) is 17.1. The molecule has 1 aromatic heterocycles. The Morgan fingerprint density at radius 1 is 0.760 bits per heavy atom. The smallest absolute Gasteiger partial charge is 0.203 e. The summed E-state index contributed by atoms with van der Waals surface area (Å²) in [5.74, 6) is 2.65. The molecule has 0 unspecified atom stereocenters. The van der Waals surface area contributed by atoms with E-state index in [1.807, 2.05) is 42.5 Å². The monoisotopic (exact) mass is 357 g/mol. The molecule has 0 saturated heterocycles. The quantitative estimate of drug-likeness (QED) is 0.649. The minimum Gasteiger partial charge on any atom is -0.497 e. The van der Waals surface area contributed by atoms with Gasteiger partial charge in [0.15, 0.2) is 11.5 Å². The molecule has 0 atom stereocenters. The maximum absolute atomic E-state index is 5.57. The average molecular weight is 357 g/mol. The van der Waals surface area contributed by atoms with Crippen LogP contribution in [0.25, 0.3) is 21.7 Å². The van der Waals surface area contributed by atoms with Gasteiger partial charge in [0, 0.05) is 11.1 Å². The maximum atomic E-state index is 5.57. The first-order chi connectivity index (χ1) is 12.2. The van der Waals surface area contributed by atoms with Crippen molar-refractivity contribution >= 4 is 11.5 Å². The van der Waals surface area contributed by atoms with Gasteiger partial charge in [0.1, 0.15) is 5.75 Å². The molecule has 0 bridgehead atoms. The number of benzene rings is 2. The molecule has 3 rings (SSSR count). The first-order valence-corrected chi connectivity index (χ1v) is 8.39. The summed E-state index contributed by atoms with van der Waals surface area (Å²) in [7, 11) is 6.47. The van der Waals surface area contributed by atoms with Gasteiger partial charge in [-0.1, -0.05) is 0 Å². The van der Waals surface area contributed by atoms with Crippen LogP contribution in [0.1, 0.15) is 0 Å². The molecule has 0 aliphatic heterocycles. The summed E-state index contributed by atoms with van der Waals surface area (Å²) < 4.78 is 26.1. The number of hydrogen-bond donors (Lipinski definition) is 0. The highest BCUT2D eigenvalue weighted by Gasteiger charge is 2.19. The topological polar surface area (TPSA) is 49.8 Å². The lowest BCUT2D eigenvalue weighted by Gasteiger charge is -2.14. The summed E-state index contributed by atoms with van der Waals surface area (Å²) in [6.07, 6.45) is 0. The van der Waals surface area contributed by atoms with E-state index in [1.54, 1.807) is 28.4 Å². The molecular formula is C19H19NO4S. The van der Waals surface area contributed by atoms with Crippen LogP contribution in [0, 0.1) is 0 Å². The van der Waals surface area contributed by atoms with E-state index in [9.17, 15) is 0 Å². The summed E-state index contributed by atoms with van der Waals surface area (Å²) in [6, 6.07) is 13.7. The number of ether oxygens (including phenoxy) is 4. The van der Waals surface area contributed by atoms with Gasteiger partial charge in [0.2, 0.25) is 5.75 Å². The Hall–Kier alpha value is -2.73. The number of rotatable bonds is 6. The standard InChI is InChI=1S/C19H19NO4S/c1-21-13-7-5-12(6-8-13)15-11-17(25-20-15)14-9-10-16(22-2)19(24-4)18(14)23-3/h5-11H,1-4H3. The van der Waals surface area contributed by atoms with Crippen LogP contribution in [-0.2, 0) is 0 Å². The Balaban J connectivity index is 2.02. The van der Waals surface area contributed by atoms with Crippen LogP contribution in [0.5, 0.6) is 23.0 Å². The summed E-state index contributed by atoms with van der Waals surface area (Å²) in [6.45, 7) is 0. The Kier molecular flexibility index (Phi) is 5.09. The molecule has 0 amide bonds. The van der Waals surface area contributed by atoms with Crippen LogP contribution in [0.4, 0.5) is 0 Å². The van der Waals surface area contributed by atoms with Crippen molar-refractivity contribution in [2.45, 2.75) is 0 Å². The second-order valence-electron chi connectivity index (χ2n) is 5.19. The van der Waals surface area contributed by atoms with Crippen molar-refractivity contribution in [1.29, 1.82) is 0 Å². The zero-order valence-electron chi connectivity index (χ0n) is 14.5. The minimum atomic E-state index is 0.571. The number of methoxy groups -OCH3 is 4. The summed E-state index contributed by atoms with van der Waals surface area (Å²) in [4.78, 5) is 0.989. The van der Waals surface area contributed by atoms with Gasteiger partial charge in [-0.2, -0.15) is 4.37 Å². The van der Waals surface area contributed by atoms with Gasteiger partial charge in [-0.15, -0.1) is 0 Å². The van der Waals surface area contributed by atoms with Crippen molar-refractivity contribution in [2.24, 2.45) is 0 Å². The van der Waals surface area contributed by atoms with E-state index in [-0.39, 0.29) is 0 Å². The molecule has 0 N–H and O–H groups in total. The molecule has 2 aromatic carbocycles. The summed E-state index contributed by atoms with van der Waals surface area (Å²) in [5.41, 5.74) is 2.85. The minimum absolute atomic E-state index is 0.571. The Bertz CT molecular complexity index is 858. The van der Waals surface area contributed by atoms with Crippen LogP contribution in [0.3, 0.4) is 0 Å². The van der Waals surface area contributed by atoms with Gasteiger partial charge in [-0.05, 0) is 54.0 Å². The van der Waals surface area contributed by atoms with Gasteiger partial charge in [-0.3, -0.25) is 0 Å². The predicted octanol–water partition coefficient (Wildman–Crippen LogP) is 4.51. The fraction of sp³-hybridized carbons (Fsp3) is 0.211. The Morgan fingerprint density at radius 2 is 1.48 bits per heavy atom. The lowest BCUT2D eigenvalue weighted by molar-refractivity contribution is 0.325. The van der Waals surface area contributed by atoms with Crippen LogP contribution in [0.15, 0.2) is 42.5 Å². The highest BCUT2D eigenvalue weighted by molar-refractivity contribution is 7.09. The van der Waals surface area contributed by atoms with E-state index >= 15 is 0 Å². The third kappa shape index (κ3) is 3.25. The second-order valence-corrected chi connectivity index (χ2v) is 5.99. The zero-order chi connectivity index (χ0) is 17.8. The van der Waals surface area contributed by atoms with Crippen molar-refractivity contribution in [1.82, 2.24) is 4.37 Å². The Morgan fingerprint density at radius 3 is 2.08 bits per heavy atom. The molecule has 6 heteroatoms. The number of hydrogen-bond acceptors (Lipinski definition) is 6. The molecule has 0 aliphatic carbocycles. The molecule has 1 heterocycles. The SMILES string of the molecule is COc1ccc(-c2cc(-c3ccc(OC)c(OC)c3OC)sn2)cc1. The summed E-state index contributed by atoms with van der Waals surface area (Å²) in [5, 5.41) is 0. The van der Waals surface area contributed by atoms with Crippen LogP contribution in [-0.4, -0.2) is 32.8 Å². The van der Waals surface area contributed by atoms with E-state index in [1.165, 1.54) is 11.5 Å². The third-order valence-electron chi connectivity index (χ3n) is 3.87. The van der Waals surface area contributed by atoms with E-state index in [4.69, 9.17) is 18.9 Å². The van der Waals surface area contributed by atoms with Gasteiger partial charge in [-0.25, -0.2) is 0 Å². The average Bonchev–Trinajstić information content (AvgIpc) is 3.16. The maximum Gasteiger partial charge on any atom is 0.203 e. The van der Waals surface area contributed by atoms with Crippen LogP contribution < -0.4 is 18.9 Å². The number of aromatic nitrogens is 1. The van der Waals surface area contributed by atoms with Crippen LogP contribution in [0.2, 0.25) is 0 Å². The lowest BCUT2D eigenvalue weighted by atomic mass is 10.1. The van der Waals surface area contributed by atoms with Gasteiger partial charge >= 0.3 is 0 Å². The van der Waals surface area contributed by atoms with E-state index in [0.29, 0.717) is 17.2 Å². The van der Waals surface area contributed by atoms with E-state index in [2.05, 4.69) is 4.37 Å². The molecule has 0 saturated carbocycles. The van der Waals surface area contributed by atoms with Crippen molar-refractivity contribution in [3.05, 3.63) is 42.5 Å². The summed E-state index contributed by atoms with van der Waals surface area (Å²) >= 11 is 1.41. The molecule has 25 heavy (non-hydrogen) atoms. The fourth-order valence-corrected chi connectivity index (χ4v) is 3.37. The zero-order valence-corrected chi connectivity index (χ0v) is 15.3. The first-order valence-electron chi connectivity index (χ1n) is 7.62.